The first kappa shape index (κ1) is 14.2. The van der Waals surface area contributed by atoms with Crippen LogP contribution in [0, 0.1) is 0 Å². The van der Waals surface area contributed by atoms with Crippen LogP contribution in [-0.2, 0) is 13.6 Å². The van der Waals surface area contributed by atoms with Crippen LogP contribution in [0.3, 0.4) is 0 Å². The highest BCUT2D eigenvalue weighted by Crippen LogP contribution is 2.07. The standard InChI is InChI=1S/C13H26N4/c1-4-5-6-7-8-9-12(2)14-10-13-16-15-11-17(13)3/h11-12,14H,4-10H2,1-3H3. The molecule has 1 N–H and O–H groups in total. The van der Waals surface area contributed by atoms with Crippen molar-refractivity contribution in [3.8, 4) is 0 Å². The number of aryl methyl sites for hydroxylation is 1. The maximum atomic E-state index is 4.06. The molecule has 4 heteroatoms. The minimum Gasteiger partial charge on any atom is -0.320 e. The second-order valence-corrected chi connectivity index (χ2v) is 4.84. The Kier molecular flexibility index (Phi) is 6.86. The van der Waals surface area contributed by atoms with E-state index >= 15 is 0 Å². The molecular weight excluding hydrogens is 212 g/mol. The topological polar surface area (TPSA) is 42.7 Å². The lowest BCUT2D eigenvalue weighted by Crippen LogP contribution is -2.26. The Morgan fingerprint density at radius 1 is 1.29 bits per heavy atom. The average molecular weight is 238 g/mol. The van der Waals surface area contributed by atoms with Gasteiger partial charge in [-0.2, -0.15) is 0 Å². The van der Waals surface area contributed by atoms with Gasteiger partial charge in [-0.25, -0.2) is 0 Å². The van der Waals surface area contributed by atoms with Crippen molar-refractivity contribution in [2.45, 2.75) is 65.0 Å². The number of nitrogens with one attached hydrogen (secondary N) is 1. The lowest BCUT2D eigenvalue weighted by molar-refractivity contribution is 0.469. The molecule has 0 aliphatic carbocycles. The highest BCUT2D eigenvalue weighted by Gasteiger charge is 2.04. The predicted octanol–water partition coefficient (Wildman–Crippen LogP) is 2.65. The Morgan fingerprint density at radius 3 is 2.71 bits per heavy atom. The van der Waals surface area contributed by atoms with Crippen LogP contribution in [0.4, 0.5) is 0 Å². The van der Waals surface area contributed by atoms with Crippen LogP contribution in [0.5, 0.6) is 0 Å². The van der Waals surface area contributed by atoms with Gasteiger partial charge in [-0.15, -0.1) is 10.2 Å². The molecule has 0 radical (unpaired) electrons. The molecule has 0 aromatic carbocycles. The molecule has 4 nitrogen and oxygen atoms in total. The average Bonchev–Trinajstić information content (AvgIpc) is 2.72. The molecule has 1 atom stereocenters. The SMILES string of the molecule is CCCCCCCC(C)NCc1nncn1C. The van der Waals surface area contributed by atoms with E-state index in [1.807, 2.05) is 11.6 Å². The van der Waals surface area contributed by atoms with Gasteiger partial charge in [-0.05, 0) is 13.3 Å². The number of rotatable bonds is 9. The zero-order valence-electron chi connectivity index (χ0n) is 11.4. The van der Waals surface area contributed by atoms with Crippen LogP contribution in [-0.4, -0.2) is 20.8 Å². The monoisotopic (exact) mass is 238 g/mol. The fourth-order valence-corrected chi connectivity index (χ4v) is 1.89. The Labute approximate surface area is 105 Å². The molecule has 0 saturated heterocycles. The van der Waals surface area contributed by atoms with Crippen molar-refractivity contribution in [3.63, 3.8) is 0 Å². The van der Waals surface area contributed by atoms with Crippen LogP contribution in [0.1, 0.15) is 58.2 Å². The summed E-state index contributed by atoms with van der Waals surface area (Å²) in [5.41, 5.74) is 0. The van der Waals surface area contributed by atoms with Gasteiger partial charge in [0.2, 0.25) is 0 Å². The lowest BCUT2D eigenvalue weighted by Gasteiger charge is -2.13. The van der Waals surface area contributed by atoms with Gasteiger partial charge in [0, 0.05) is 13.1 Å². The number of unbranched alkanes of at least 4 members (excludes halogenated alkanes) is 4. The van der Waals surface area contributed by atoms with Crippen molar-refractivity contribution in [2.75, 3.05) is 0 Å². The summed E-state index contributed by atoms with van der Waals surface area (Å²) in [6.45, 7) is 5.31. The second kappa shape index (κ2) is 8.23. The van der Waals surface area contributed by atoms with Gasteiger partial charge in [-0.1, -0.05) is 39.0 Å². The van der Waals surface area contributed by atoms with Gasteiger partial charge in [0.1, 0.15) is 12.2 Å². The fourth-order valence-electron chi connectivity index (χ4n) is 1.89. The first-order valence-electron chi connectivity index (χ1n) is 6.80. The maximum Gasteiger partial charge on any atom is 0.146 e. The summed E-state index contributed by atoms with van der Waals surface area (Å²) in [4.78, 5) is 0. The Bertz CT molecular complexity index is 295. The van der Waals surface area contributed by atoms with E-state index in [1.54, 1.807) is 6.33 Å². The van der Waals surface area contributed by atoms with Gasteiger partial charge in [-0.3, -0.25) is 0 Å². The summed E-state index contributed by atoms with van der Waals surface area (Å²) < 4.78 is 1.96. The zero-order valence-corrected chi connectivity index (χ0v) is 11.4. The third-order valence-corrected chi connectivity index (χ3v) is 3.15. The molecule has 0 amide bonds. The first-order valence-corrected chi connectivity index (χ1v) is 6.80. The molecule has 98 valence electrons. The molecule has 0 aliphatic heterocycles. The Hall–Kier alpha value is -0.900. The molecule has 1 heterocycles. The minimum absolute atomic E-state index is 0.563. The molecule has 0 aliphatic rings. The van der Waals surface area contributed by atoms with E-state index in [2.05, 4.69) is 29.4 Å². The number of hydrogen-bond acceptors (Lipinski definition) is 3. The smallest absolute Gasteiger partial charge is 0.146 e. The van der Waals surface area contributed by atoms with E-state index in [4.69, 9.17) is 0 Å². The molecular formula is C13H26N4. The van der Waals surface area contributed by atoms with E-state index in [0.717, 1.165) is 12.4 Å². The van der Waals surface area contributed by atoms with E-state index in [1.165, 1.54) is 38.5 Å². The first-order chi connectivity index (χ1) is 8.24. The number of aromatic nitrogens is 3. The predicted molar refractivity (Wildman–Crippen MR) is 70.7 cm³/mol. The molecule has 0 fully saturated rings. The van der Waals surface area contributed by atoms with Crippen LogP contribution in [0.2, 0.25) is 0 Å². The summed E-state index contributed by atoms with van der Waals surface area (Å²) in [6, 6.07) is 0.563. The Morgan fingerprint density at radius 2 is 2.06 bits per heavy atom. The normalized spacial score (nSPS) is 12.9. The molecule has 0 saturated carbocycles. The van der Waals surface area contributed by atoms with Crippen molar-refractivity contribution in [2.24, 2.45) is 7.05 Å². The second-order valence-electron chi connectivity index (χ2n) is 4.84. The van der Waals surface area contributed by atoms with Crippen LogP contribution in [0.15, 0.2) is 6.33 Å². The van der Waals surface area contributed by atoms with Crippen molar-refractivity contribution in [1.82, 2.24) is 20.1 Å². The van der Waals surface area contributed by atoms with Crippen molar-refractivity contribution in [1.29, 1.82) is 0 Å². The Balaban J connectivity index is 2.05. The summed E-state index contributed by atoms with van der Waals surface area (Å²) in [5, 5.41) is 11.4. The number of nitrogens with zero attached hydrogens (tertiary/aromatic N) is 3. The molecule has 1 rings (SSSR count). The zero-order chi connectivity index (χ0) is 12.5. The highest BCUT2D eigenvalue weighted by molar-refractivity contribution is 4.83. The fraction of sp³-hybridized carbons (Fsp3) is 0.846. The molecule has 0 bridgehead atoms. The quantitative estimate of drug-likeness (QED) is 0.673. The van der Waals surface area contributed by atoms with Gasteiger partial charge in [0.25, 0.3) is 0 Å². The third-order valence-electron chi connectivity index (χ3n) is 3.15. The van der Waals surface area contributed by atoms with Gasteiger partial charge >= 0.3 is 0 Å². The van der Waals surface area contributed by atoms with Crippen molar-refractivity contribution < 1.29 is 0 Å². The van der Waals surface area contributed by atoms with Crippen LogP contribution < -0.4 is 5.32 Å². The molecule has 1 aromatic rings. The third kappa shape index (κ3) is 5.82. The molecule has 0 spiro atoms. The van der Waals surface area contributed by atoms with Gasteiger partial charge in [0.15, 0.2) is 0 Å². The minimum atomic E-state index is 0.563. The molecule has 17 heavy (non-hydrogen) atoms. The summed E-state index contributed by atoms with van der Waals surface area (Å²) in [6.07, 6.45) is 9.76. The highest BCUT2D eigenvalue weighted by atomic mass is 15.3. The van der Waals surface area contributed by atoms with E-state index in [9.17, 15) is 0 Å². The molecule has 1 aromatic heterocycles. The summed E-state index contributed by atoms with van der Waals surface area (Å²) in [5.74, 6) is 1.00. The lowest BCUT2D eigenvalue weighted by atomic mass is 10.1. The summed E-state index contributed by atoms with van der Waals surface area (Å²) in [7, 11) is 1.98. The van der Waals surface area contributed by atoms with Crippen LogP contribution >= 0.6 is 0 Å². The maximum absolute atomic E-state index is 4.06. The van der Waals surface area contributed by atoms with E-state index in [-0.39, 0.29) is 0 Å². The number of hydrogen-bond donors (Lipinski definition) is 1. The van der Waals surface area contributed by atoms with E-state index < -0.39 is 0 Å². The molecule has 1 unspecified atom stereocenters. The van der Waals surface area contributed by atoms with Crippen molar-refractivity contribution in [3.05, 3.63) is 12.2 Å². The van der Waals surface area contributed by atoms with Crippen molar-refractivity contribution >= 4 is 0 Å². The van der Waals surface area contributed by atoms with Gasteiger partial charge < -0.3 is 9.88 Å². The largest absolute Gasteiger partial charge is 0.320 e. The summed E-state index contributed by atoms with van der Waals surface area (Å²) >= 11 is 0. The van der Waals surface area contributed by atoms with Crippen LogP contribution in [0.25, 0.3) is 0 Å². The van der Waals surface area contributed by atoms with Gasteiger partial charge in [0.05, 0.1) is 6.54 Å². The van der Waals surface area contributed by atoms with E-state index in [0.29, 0.717) is 6.04 Å².